The number of amides is 2. The molecule has 0 radical (unpaired) electrons. The molecule has 1 aromatic carbocycles. The summed E-state index contributed by atoms with van der Waals surface area (Å²) in [7, 11) is 1.59. The van der Waals surface area contributed by atoms with E-state index in [9.17, 15) is 9.59 Å². The summed E-state index contributed by atoms with van der Waals surface area (Å²) in [5.41, 5.74) is 6.72. The molecule has 0 bridgehead atoms. The monoisotopic (exact) mass is 263 g/mol. The number of nitrogens with zero attached hydrogens (tertiary/aromatic N) is 2. The van der Waals surface area contributed by atoms with Gasteiger partial charge in [0.15, 0.2) is 0 Å². The number of carbonyl (C=O) groups excluding carboxylic acids is 2. The Kier molecular flexibility index (Phi) is 3.82. The highest BCUT2D eigenvalue weighted by atomic mass is 16.3. The summed E-state index contributed by atoms with van der Waals surface area (Å²) in [6.45, 7) is -0.0190. The Balaban J connectivity index is 2.44. The maximum atomic E-state index is 12.2. The number of likely N-dealkylation sites (N-methyl/N-ethyl adjacent to an activating group) is 1. The molecule has 1 aliphatic heterocycles. The molecule has 0 saturated heterocycles. The molecule has 6 heteroatoms. The number of aliphatic hydroxyl groups is 1. The molecule has 0 unspecified atom stereocenters. The fourth-order valence-electron chi connectivity index (χ4n) is 2.08. The summed E-state index contributed by atoms with van der Waals surface area (Å²) in [5, 5.41) is 9.03. The van der Waals surface area contributed by atoms with Crippen LogP contribution in [0.5, 0.6) is 0 Å². The van der Waals surface area contributed by atoms with Crippen molar-refractivity contribution in [3.05, 3.63) is 29.8 Å². The van der Waals surface area contributed by atoms with E-state index in [4.69, 9.17) is 10.8 Å². The number of aliphatic hydroxyl groups excluding tert-OH is 1. The second-order valence-corrected chi connectivity index (χ2v) is 4.63. The smallest absolute Gasteiger partial charge is 0.256 e. The summed E-state index contributed by atoms with van der Waals surface area (Å²) >= 11 is 0. The number of anilines is 1. The maximum absolute atomic E-state index is 12.2. The van der Waals surface area contributed by atoms with Gasteiger partial charge in [0.05, 0.1) is 17.9 Å². The van der Waals surface area contributed by atoms with Crippen molar-refractivity contribution in [2.45, 2.75) is 6.04 Å². The molecule has 1 heterocycles. The van der Waals surface area contributed by atoms with Crippen molar-refractivity contribution >= 4 is 17.5 Å². The number of hydrogen-bond donors (Lipinski definition) is 2. The zero-order valence-corrected chi connectivity index (χ0v) is 10.7. The first-order chi connectivity index (χ1) is 9.04. The van der Waals surface area contributed by atoms with Gasteiger partial charge in [-0.1, -0.05) is 12.1 Å². The molecule has 2 rings (SSSR count). The van der Waals surface area contributed by atoms with Crippen LogP contribution in [-0.4, -0.2) is 54.6 Å². The van der Waals surface area contributed by atoms with Crippen LogP contribution in [0, 0.1) is 0 Å². The average Bonchev–Trinajstić information content (AvgIpc) is 2.50. The molecule has 0 spiro atoms. The quantitative estimate of drug-likeness (QED) is 0.764. The SMILES string of the molecule is CN1CC(=O)N(C[C@@H](N)CO)c2ccccc2C1=O. The molecule has 2 amide bonds. The molecule has 19 heavy (non-hydrogen) atoms. The van der Waals surface area contributed by atoms with Crippen molar-refractivity contribution < 1.29 is 14.7 Å². The van der Waals surface area contributed by atoms with Crippen LogP contribution in [0.25, 0.3) is 0 Å². The first-order valence-corrected chi connectivity index (χ1v) is 6.06. The number of nitrogens with two attached hydrogens (primary N) is 1. The Hall–Kier alpha value is -1.92. The second kappa shape index (κ2) is 5.38. The van der Waals surface area contributed by atoms with Crippen molar-refractivity contribution in [2.75, 3.05) is 31.6 Å². The van der Waals surface area contributed by atoms with E-state index < -0.39 is 6.04 Å². The third-order valence-electron chi connectivity index (χ3n) is 3.10. The van der Waals surface area contributed by atoms with Gasteiger partial charge >= 0.3 is 0 Å². The molecule has 6 nitrogen and oxygen atoms in total. The summed E-state index contributed by atoms with van der Waals surface area (Å²) in [6.07, 6.45) is 0. The minimum Gasteiger partial charge on any atom is -0.395 e. The van der Waals surface area contributed by atoms with Crippen LogP contribution in [0.4, 0.5) is 5.69 Å². The summed E-state index contributed by atoms with van der Waals surface area (Å²) in [4.78, 5) is 27.2. The van der Waals surface area contributed by atoms with Crippen molar-refractivity contribution in [1.29, 1.82) is 0 Å². The number of rotatable bonds is 3. The van der Waals surface area contributed by atoms with Gasteiger partial charge in [0.2, 0.25) is 5.91 Å². The Morgan fingerprint density at radius 3 is 2.74 bits per heavy atom. The lowest BCUT2D eigenvalue weighted by Crippen LogP contribution is -2.45. The highest BCUT2D eigenvalue weighted by Gasteiger charge is 2.30. The van der Waals surface area contributed by atoms with Crippen molar-refractivity contribution in [1.82, 2.24) is 4.90 Å². The first kappa shape index (κ1) is 13.5. The average molecular weight is 263 g/mol. The molecule has 1 aromatic rings. The van der Waals surface area contributed by atoms with Crippen molar-refractivity contribution in [3.63, 3.8) is 0 Å². The van der Waals surface area contributed by atoms with Gasteiger partial charge in [-0.25, -0.2) is 0 Å². The molecular weight excluding hydrogens is 246 g/mol. The van der Waals surface area contributed by atoms with Crippen LogP contribution in [-0.2, 0) is 4.79 Å². The fraction of sp³-hybridized carbons (Fsp3) is 0.385. The molecule has 0 aromatic heterocycles. The molecule has 3 N–H and O–H groups in total. The number of carbonyl (C=O) groups is 2. The minimum absolute atomic E-state index is 0.00562. The second-order valence-electron chi connectivity index (χ2n) is 4.63. The largest absolute Gasteiger partial charge is 0.395 e. The zero-order valence-electron chi connectivity index (χ0n) is 10.7. The number of para-hydroxylation sites is 1. The molecule has 1 aliphatic rings. The van der Waals surface area contributed by atoms with E-state index in [2.05, 4.69) is 0 Å². The van der Waals surface area contributed by atoms with E-state index in [1.54, 1.807) is 31.3 Å². The summed E-state index contributed by atoms with van der Waals surface area (Å²) in [5.74, 6) is -0.395. The van der Waals surface area contributed by atoms with Gasteiger partial charge in [-0.15, -0.1) is 0 Å². The van der Waals surface area contributed by atoms with E-state index in [1.165, 1.54) is 9.80 Å². The van der Waals surface area contributed by atoms with Gasteiger partial charge in [0, 0.05) is 19.6 Å². The normalized spacial score (nSPS) is 17.2. The lowest BCUT2D eigenvalue weighted by atomic mass is 10.1. The number of hydrogen-bond acceptors (Lipinski definition) is 4. The third kappa shape index (κ3) is 2.59. The Bertz CT molecular complexity index is 504. The van der Waals surface area contributed by atoms with Gasteiger partial charge in [-0.2, -0.15) is 0 Å². The highest BCUT2D eigenvalue weighted by Crippen LogP contribution is 2.24. The van der Waals surface area contributed by atoms with Gasteiger partial charge in [-0.05, 0) is 12.1 Å². The van der Waals surface area contributed by atoms with Crippen LogP contribution in [0.3, 0.4) is 0 Å². The lowest BCUT2D eigenvalue weighted by molar-refractivity contribution is -0.119. The summed E-state index contributed by atoms with van der Waals surface area (Å²) < 4.78 is 0. The Morgan fingerprint density at radius 2 is 2.05 bits per heavy atom. The Morgan fingerprint density at radius 1 is 1.37 bits per heavy atom. The third-order valence-corrected chi connectivity index (χ3v) is 3.10. The van der Waals surface area contributed by atoms with Crippen molar-refractivity contribution in [2.24, 2.45) is 5.73 Å². The molecule has 102 valence electrons. The topological polar surface area (TPSA) is 86.9 Å². The van der Waals surface area contributed by atoms with Crippen LogP contribution < -0.4 is 10.6 Å². The van der Waals surface area contributed by atoms with E-state index >= 15 is 0 Å². The standard InChI is InChI=1S/C13H17N3O3/c1-15-7-12(18)16(6-9(14)8-17)11-5-3-2-4-10(11)13(15)19/h2-5,9,17H,6-8,14H2,1H3/t9-/m1/s1. The van der Waals surface area contributed by atoms with Crippen LogP contribution >= 0.6 is 0 Å². The first-order valence-electron chi connectivity index (χ1n) is 6.06. The summed E-state index contributed by atoms with van der Waals surface area (Å²) in [6, 6.07) is 6.39. The van der Waals surface area contributed by atoms with Gasteiger partial charge in [0.25, 0.3) is 5.91 Å². The molecular formula is C13H17N3O3. The van der Waals surface area contributed by atoms with Crippen LogP contribution in [0.15, 0.2) is 24.3 Å². The van der Waals surface area contributed by atoms with Crippen molar-refractivity contribution in [3.8, 4) is 0 Å². The number of benzene rings is 1. The van der Waals surface area contributed by atoms with Crippen LogP contribution in [0.1, 0.15) is 10.4 Å². The molecule has 0 saturated carbocycles. The van der Waals surface area contributed by atoms with Crippen LogP contribution in [0.2, 0.25) is 0 Å². The molecule has 0 fully saturated rings. The number of fused-ring (bicyclic) bond motifs is 1. The van der Waals surface area contributed by atoms with Gasteiger partial charge in [0.1, 0.15) is 6.54 Å². The van der Waals surface area contributed by atoms with E-state index in [-0.39, 0.29) is 31.5 Å². The van der Waals surface area contributed by atoms with Gasteiger partial charge < -0.3 is 20.6 Å². The minimum atomic E-state index is -0.532. The molecule has 1 atom stereocenters. The fourth-order valence-corrected chi connectivity index (χ4v) is 2.08. The maximum Gasteiger partial charge on any atom is 0.256 e. The van der Waals surface area contributed by atoms with Gasteiger partial charge in [-0.3, -0.25) is 9.59 Å². The lowest BCUT2D eigenvalue weighted by Gasteiger charge is -2.24. The van der Waals surface area contributed by atoms with E-state index in [0.29, 0.717) is 11.3 Å². The predicted molar refractivity (Wildman–Crippen MR) is 70.8 cm³/mol. The van der Waals surface area contributed by atoms with E-state index in [1.807, 2.05) is 0 Å². The molecule has 0 aliphatic carbocycles. The predicted octanol–water partition coefficient (Wildman–Crippen LogP) is -0.575. The van der Waals surface area contributed by atoms with E-state index in [0.717, 1.165) is 0 Å². The highest BCUT2D eigenvalue weighted by molar-refractivity contribution is 6.09. The zero-order chi connectivity index (χ0) is 14.0. The Labute approximate surface area is 111 Å².